The van der Waals surface area contributed by atoms with Crippen LogP contribution in [0.1, 0.15) is 15.9 Å². The van der Waals surface area contributed by atoms with Gasteiger partial charge in [0, 0.05) is 4.79 Å². The SMILES string of the molecule is C=Cc1ccc(C(=O)[OH2+])cc1. The first-order valence-electron chi connectivity index (χ1n) is 3.22. The lowest BCUT2D eigenvalue weighted by Gasteiger charge is -1.90. The van der Waals surface area contributed by atoms with Crippen LogP contribution in [0.5, 0.6) is 0 Å². The lowest BCUT2D eigenvalue weighted by Crippen LogP contribution is -1.94. The van der Waals surface area contributed by atoms with Crippen molar-refractivity contribution >= 4 is 12.0 Å². The van der Waals surface area contributed by atoms with E-state index < -0.39 is 5.97 Å². The van der Waals surface area contributed by atoms with Gasteiger partial charge >= 0.3 is 5.97 Å². The number of carbonyl (C=O) groups is 1. The molecule has 0 heterocycles. The molecular formula is C9H9O2+. The summed E-state index contributed by atoms with van der Waals surface area (Å²) in [5.41, 5.74) is 1.37. The molecule has 2 heteroatoms. The van der Waals surface area contributed by atoms with Crippen molar-refractivity contribution in [2.24, 2.45) is 0 Å². The zero-order valence-electron chi connectivity index (χ0n) is 6.00. The van der Waals surface area contributed by atoms with E-state index in [1.807, 2.05) is 0 Å². The third-order valence-electron chi connectivity index (χ3n) is 1.41. The number of hydrogen-bond donors (Lipinski definition) is 0. The predicted octanol–water partition coefficient (Wildman–Crippen LogP) is 1.19. The van der Waals surface area contributed by atoms with Gasteiger partial charge in [-0.15, -0.1) is 0 Å². The molecule has 11 heavy (non-hydrogen) atoms. The van der Waals surface area contributed by atoms with E-state index in [4.69, 9.17) is 5.11 Å². The Morgan fingerprint density at radius 3 is 2.27 bits per heavy atom. The average Bonchev–Trinajstić information content (AvgIpc) is 2.05. The Bertz CT molecular complexity index is 272. The van der Waals surface area contributed by atoms with Crippen molar-refractivity contribution in [3.05, 3.63) is 42.0 Å². The fraction of sp³-hybridized carbons (Fsp3) is 0. The Kier molecular flexibility index (Phi) is 2.06. The summed E-state index contributed by atoms with van der Waals surface area (Å²) >= 11 is 0. The summed E-state index contributed by atoms with van der Waals surface area (Å²) in [7, 11) is 0. The molecular weight excluding hydrogens is 140 g/mol. The summed E-state index contributed by atoms with van der Waals surface area (Å²) in [6.45, 7) is 3.57. The second-order valence-electron chi connectivity index (χ2n) is 2.16. The van der Waals surface area contributed by atoms with E-state index in [2.05, 4.69) is 6.58 Å². The zero-order valence-corrected chi connectivity index (χ0v) is 6.00. The molecule has 1 aromatic carbocycles. The first-order chi connectivity index (χ1) is 5.24. The summed E-state index contributed by atoms with van der Waals surface area (Å²) in [5, 5.41) is 6.78. The van der Waals surface area contributed by atoms with Gasteiger partial charge in [0.1, 0.15) is 5.56 Å². The highest BCUT2D eigenvalue weighted by Crippen LogP contribution is 2.04. The highest BCUT2D eigenvalue weighted by molar-refractivity contribution is 5.87. The van der Waals surface area contributed by atoms with Crippen molar-refractivity contribution in [2.75, 3.05) is 0 Å². The lowest BCUT2D eigenvalue weighted by atomic mass is 10.1. The van der Waals surface area contributed by atoms with Crippen LogP contribution in [0.25, 0.3) is 6.08 Å². The first-order valence-corrected chi connectivity index (χ1v) is 3.22. The van der Waals surface area contributed by atoms with Crippen LogP contribution < -0.4 is 0 Å². The molecule has 0 aliphatic rings. The van der Waals surface area contributed by atoms with Crippen LogP contribution in [0.3, 0.4) is 0 Å². The average molecular weight is 149 g/mol. The molecule has 1 rings (SSSR count). The van der Waals surface area contributed by atoms with E-state index in [-0.39, 0.29) is 0 Å². The summed E-state index contributed by atoms with van der Waals surface area (Å²) in [4.78, 5) is 10.5. The number of rotatable bonds is 2. The van der Waals surface area contributed by atoms with Crippen molar-refractivity contribution in [1.29, 1.82) is 0 Å². The molecule has 0 saturated heterocycles. The molecule has 0 aliphatic heterocycles. The fourth-order valence-electron chi connectivity index (χ4n) is 0.771. The molecule has 56 valence electrons. The molecule has 0 saturated carbocycles. The Hall–Kier alpha value is -1.57. The van der Waals surface area contributed by atoms with E-state index in [0.717, 1.165) is 5.56 Å². The van der Waals surface area contributed by atoms with E-state index in [9.17, 15) is 4.79 Å². The van der Waals surface area contributed by atoms with Gasteiger partial charge in [-0.25, -0.2) is 0 Å². The Morgan fingerprint density at radius 1 is 1.36 bits per heavy atom. The highest BCUT2D eigenvalue weighted by Gasteiger charge is 2.08. The molecule has 0 spiro atoms. The van der Waals surface area contributed by atoms with Gasteiger partial charge in [-0.3, -0.25) is 0 Å². The predicted molar refractivity (Wildman–Crippen MR) is 44.5 cm³/mol. The van der Waals surface area contributed by atoms with Gasteiger partial charge in [-0.1, -0.05) is 24.8 Å². The maximum Gasteiger partial charge on any atom is 0.549 e. The topological polar surface area (TPSA) is 40.0 Å². The van der Waals surface area contributed by atoms with E-state index in [1.165, 1.54) is 0 Å². The normalized spacial score (nSPS) is 9.09. The standard InChI is InChI=1S/C9H8O2/c1-2-7-3-5-8(6-4-7)9(10)11/h2-6H,1H2,(H,10,11)/p+1. The van der Waals surface area contributed by atoms with Gasteiger partial charge in [-0.05, 0) is 17.7 Å². The van der Waals surface area contributed by atoms with Crippen LogP contribution >= 0.6 is 0 Å². The van der Waals surface area contributed by atoms with Crippen LogP contribution in [-0.4, -0.2) is 11.1 Å². The maximum absolute atomic E-state index is 10.5. The van der Waals surface area contributed by atoms with Gasteiger partial charge in [-0.2, -0.15) is 0 Å². The minimum absolute atomic E-state index is 0.413. The van der Waals surface area contributed by atoms with Crippen LogP contribution in [-0.2, 0) is 0 Å². The fourth-order valence-corrected chi connectivity index (χ4v) is 0.771. The summed E-state index contributed by atoms with van der Waals surface area (Å²) in [6.07, 6.45) is 1.69. The Balaban J connectivity index is 3.00. The van der Waals surface area contributed by atoms with Crippen molar-refractivity contribution in [3.8, 4) is 0 Å². The molecule has 0 aliphatic carbocycles. The van der Waals surface area contributed by atoms with E-state index in [1.54, 1.807) is 30.3 Å². The first kappa shape index (κ1) is 7.54. The molecule has 1 aromatic rings. The minimum Gasteiger partial charge on any atom is -0.561 e. The number of benzene rings is 1. The van der Waals surface area contributed by atoms with E-state index >= 15 is 0 Å². The molecule has 0 unspecified atom stereocenters. The van der Waals surface area contributed by atoms with Gasteiger partial charge in [0.15, 0.2) is 0 Å². The maximum atomic E-state index is 10.5. The summed E-state index contributed by atoms with van der Waals surface area (Å²) in [5.74, 6) is -0.652. The molecule has 0 radical (unpaired) electrons. The summed E-state index contributed by atoms with van der Waals surface area (Å²) < 4.78 is 0. The van der Waals surface area contributed by atoms with Crippen molar-refractivity contribution in [3.63, 3.8) is 0 Å². The lowest BCUT2D eigenvalue weighted by molar-refractivity contribution is 0.0697. The van der Waals surface area contributed by atoms with Crippen molar-refractivity contribution in [2.45, 2.75) is 0 Å². The van der Waals surface area contributed by atoms with Crippen LogP contribution in [0.15, 0.2) is 30.8 Å². The molecule has 0 bridgehead atoms. The highest BCUT2D eigenvalue weighted by atomic mass is 16.4. The number of carbonyl (C=O) groups excluding carboxylic acids is 1. The summed E-state index contributed by atoms with van der Waals surface area (Å²) in [6, 6.07) is 6.75. The quantitative estimate of drug-likeness (QED) is 0.582. The molecule has 0 atom stereocenters. The van der Waals surface area contributed by atoms with E-state index in [0.29, 0.717) is 5.56 Å². The van der Waals surface area contributed by atoms with Crippen LogP contribution in [0.2, 0.25) is 0 Å². The largest absolute Gasteiger partial charge is 0.561 e. The Morgan fingerprint density at radius 2 is 1.91 bits per heavy atom. The van der Waals surface area contributed by atoms with Crippen molar-refractivity contribution < 1.29 is 9.90 Å². The van der Waals surface area contributed by atoms with Crippen LogP contribution in [0, 0.1) is 0 Å². The second-order valence-corrected chi connectivity index (χ2v) is 2.16. The third kappa shape index (κ3) is 1.67. The second kappa shape index (κ2) is 3.01. The van der Waals surface area contributed by atoms with Crippen molar-refractivity contribution in [1.82, 2.24) is 0 Å². The Labute approximate surface area is 64.8 Å². The van der Waals surface area contributed by atoms with Gasteiger partial charge in [0.2, 0.25) is 0 Å². The molecule has 0 amide bonds. The molecule has 0 aromatic heterocycles. The van der Waals surface area contributed by atoms with Crippen LogP contribution in [0.4, 0.5) is 0 Å². The minimum atomic E-state index is -0.652. The van der Waals surface area contributed by atoms with Gasteiger partial charge in [0.25, 0.3) is 0 Å². The van der Waals surface area contributed by atoms with Gasteiger partial charge < -0.3 is 5.11 Å². The monoisotopic (exact) mass is 149 g/mol. The molecule has 2 N–H and O–H groups in total. The smallest absolute Gasteiger partial charge is 0.549 e. The zero-order chi connectivity index (χ0) is 8.27. The molecule has 2 nitrogen and oxygen atoms in total. The third-order valence-corrected chi connectivity index (χ3v) is 1.41. The van der Waals surface area contributed by atoms with Gasteiger partial charge in [0.05, 0.1) is 0 Å². The number of hydrogen-bond acceptors (Lipinski definition) is 1. The molecule has 0 fully saturated rings.